The number of benzene rings is 14. The molecule has 0 radical (unpaired) electrons. The van der Waals surface area contributed by atoms with Gasteiger partial charge in [-0.1, -0.05) is 255 Å². The van der Waals surface area contributed by atoms with Crippen LogP contribution in [0.25, 0.3) is 121 Å². The zero-order valence-electron chi connectivity index (χ0n) is 49.0. The van der Waals surface area contributed by atoms with Gasteiger partial charge in [-0.25, -0.2) is 0 Å². The molecule has 4 aromatic heterocycles. The van der Waals surface area contributed by atoms with Gasteiger partial charge in [0.1, 0.15) is 27.9 Å². The van der Waals surface area contributed by atoms with Crippen LogP contribution in [0.3, 0.4) is 0 Å². The van der Waals surface area contributed by atoms with Crippen molar-refractivity contribution in [3.63, 3.8) is 0 Å². The van der Waals surface area contributed by atoms with E-state index in [4.69, 9.17) is 17.7 Å². The Labute approximate surface area is 522 Å². The predicted octanol–water partition coefficient (Wildman–Crippen LogP) is 23.9. The summed E-state index contributed by atoms with van der Waals surface area (Å²) in [7, 11) is 0. The van der Waals surface area contributed by atoms with Crippen LogP contribution in [0, 0.1) is 0 Å². The lowest BCUT2D eigenvalue weighted by molar-refractivity contribution is 0.666. The minimum Gasteiger partial charge on any atom is -0.455 e. The second-order valence-electron chi connectivity index (χ2n) is 23.7. The van der Waals surface area contributed by atoms with Gasteiger partial charge < -0.3 is 27.5 Å². The number of rotatable bonds is 10. The molecule has 0 aliphatic heterocycles. The van der Waals surface area contributed by atoms with Gasteiger partial charge in [0.2, 0.25) is 0 Å². The molecule has 0 saturated carbocycles. The van der Waals surface area contributed by atoms with Crippen LogP contribution in [-0.2, 0) is 5.41 Å². The average molecular weight is 1170 g/mol. The molecule has 19 rings (SSSR count). The molecule has 18 aromatic rings. The Balaban J connectivity index is 0.969. The van der Waals surface area contributed by atoms with Crippen molar-refractivity contribution < 1.29 is 17.7 Å². The summed E-state index contributed by atoms with van der Waals surface area (Å²) in [6.45, 7) is 0. The molecule has 4 heterocycles. The lowest BCUT2D eigenvalue weighted by Gasteiger charge is -2.36. The number of nitrogens with zero attached hydrogens (tertiary/aromatic N) is 2. The highest BCUT2D eigenvalue weighted by molar-refractivity contribution is 6.27. The number of anilines is 6. The molecule has 0 amide bonds. The summed E-state index contributed by atoms with van der Waals surface area (Å²) >= 11 is 0. The first kappa shape index (κ1) is 51.0. The Kier molecular flexibility index (Phi) is 11.2. The molecule has 0 N–H and O–H groups in total. The van der Waals surface area contributed by atoms with Gasteiger partial charge in [0, 0.05) is 71.3 Å². The lowest BCUT2D eigenvalue weighted by atomic mass is 9.67. The molecule has 0 fully saturated rings. The highest BCUT2D eigenvalue weighted by atomic mass is 16.3. The molecule has 0 bridgehead atoms. The fourth-order valence-electron chi connectivity index (χ4n) is 15.1. The lowest BCUT2D eigenvalue weighted by Crippen LogP contribution is -2.29. The Morgan fingerprint density at radius 1 is 0.242 bits per heavy atom. The van der Waals surface area contributed by atoms with E-state index < -0.39 is 5.41 Å². The topological polar surface area (TPSA) is 59.0 Å². The summed E-state index contributed by atoms with van der Waals surface area (Å²) in [5, 5.41) is 8.07. The van der Waals surface area contributed by atoms with E-state index in [1.165, 1.54) is 0 Å². The number of hydrogen-bond acceptors (Lipinski definition) is 6. The zero-order chi connectivity index (χ0) is 59.7. The number of para-hydroxylation sites is 8. The summed E-state index contributed by atoms with van der Waals surface area (Å²) in [5.74, 6) is 0. The second-order valence-corrected chi connectivity index (χ2v) is 23.7. The molecule has 6 heteroatoms. The Morgan fingerprint density at radius 2 is 0.615 bits per heavy atom. The van der Waals surface area contributed by atoms with E-state index in [1.807, 2.05) is 0 Å². The molecule has 0 spiro atoms. The molecule has 14 aromatic carbocycles. The van der Waals surface area contributed by atoms with Crippen LogP contribution in [0.4, 0.5) is 34.1 Å². The van der Waals surface area contributed by atoms with Crippen molar-refractivity contribution in [3.05, 3.63) is 338 Å². The maximum Gasteiger partial charge on any atom is 0.160 e. The molecular weight excluding hydrogens is 1110 g/mol. The van der Waals surface area contributed by atoms with Crippen LogP contribution < -0.4 is 9.80 Å². The van der Waals surface area contributed by atoms with Crippen molar-refractivity contribution in [1.29, 1.82) is 0 Å². The van der Waals surface area contributed by atoms with Gasteiger partial charge in [0.05, 0.1) is 33.6 Å². The van der Waals surface area contributed by atoms with E-state index in [9.17, 15) is 0 Å². The first-order valence-electron chi connectivity index (χ1n) is 31.0. The van der Waals surface area contributed by atoms with Crippen LogP contribution in [0.5, 0.6) is 0 Å². The van der Waals surface area contributed by atoms with Crippen molar-refractivity contribution in [3.8, 4) is 33.4 Å². The van der Waals surface area contributed by atoms with Crippen molar-refractivity contribution in [2.45, 2.75) is 5.41 Å². The Morgan fingerprint density at radius 3 is 1.12 bits per heavy atom. The summed E-state index contributed by atoms with van der Waals surface area (Å²) < 4.78 is 29.9. The minimum atomic E-state index is -0.993. The monoisotopic (exact) mass is 1160 g/mol. The van der Waals surface area contributed by atoms with E-state index in [0.717, 1.165) is 178 Å². The smallest absolute Gasteiger partial charge is 0.160 e. The number of furan rings is 4. The van der Waals surface area contributed by atoms with Crippen molar-refractivity contribution >= 4 is 122 Å². The number of hydrogen-bond donors (Lipinski definition) is 0. The van der Waals surface area contributed by atoms with E-state index >= 15 is 0 Å². The maximum absolute atomic E-state index is 7.65. The molecular formula is C85H52N2O4. The zero-order valence-corrected chi connectivity index (χ0v) is 49.0. The predicted molar refractivity (Wildman–Crippen MR) is 373 cm³/mol. The fourth-order valence-corrected chi connectivity index (χ4v) is 15.1. The molecule has 91 heavy (non-hydrogen) atoms. The normalized spacial score (nSPS) is 12.7. The molecule has 1 aliphatic carbocycles. The van der Waals surface area contributed by atoms with Gasteiger partial charge in [-0.15, -0.1) is 0 Å². The van der Waals surface area contributed by atoms with Crippen LogP contribution in [0.2, 0.25) is 0 Å². The second kappa shape index (κ2) is 20.0. The molecule has 0 unspecified atom stereocenters. The quantitative estimate of drug-likeness (QED) is 0.136. The standard InChI is InChI=1S/C85H52N2O4/c1-7-27-53(28-8-1)59-41-23-43-61-63-45-25-47-69(81(63)90-79(59)61)86(57-35-15-5-16-36-57)71-51-68-78(84-75(71)65-39-19-21-49-73(65)89-84)77-67(85(68,55-31-11-3-12-32-55)56-33-13-4-14-34-56)52-72(83-76(77)66-40-20-22-50-74(66)88-83)87(58-37-17-6-18-38-58)70-48-26-46-64-62-44-24-42-60(80(62)91-82(64)70)54-29-9-2-10-30-54/h1-52H. The molecule has 0 atom stereocenters. The van der Waals surface area contributed by atoms with Gasteiger partial charge in [-0.05, 0) is 94.0 Å². The van der Waals surface area contributed by atoms with Gasteiger partial charge in [0.15, 0.2) is 16.7 Å². The average Bonchev–Trinajstić information content (AvgIpc) is 1.51. The van der Waals surface area contributed by atoms with Crippen molar-refractivity contribution in [2.24, 2.45) is 0 Å². The van der Waals surface area contributed by atoms with Gasteiger partial charge in [-0.2, -0.15) is 0 Å². The molecule has 426 valence electrons. The van der Waals surface area contributed by atoms with E-state index in [-0.39, 0.29) is 0 Å². The Hall–Kier alpha value is -12.1. The third-order valence-electron chi connectivity index (χ3n) is 18.9. The summed E-state index contributed by atoms with van der Waals surface area (Å²) in [6, 6.07) is 112. The first-order chi connectivity index (χ1) is 45.2. The largest absolute Gasteiger partial charge is 0.455 e. The third-order valence-corrected chi connectivity index (χ3v) is 18.9. The van der Waals surface area contributed by atoms with Crippen LogP contribution in [0.15, 0.2) is 333 Å². The summed E-state index contributed by atoms with van der Waals surface area (Å²) in [6.07, 6.45) is 0. The highest BCUT2D eigenvalue weighted by Crippen LogP contribution is 2.65. The summed E-state index contributed by atoms with van der Waals surface area (Å²) in [4.78, 5) is 4.77. The van der Waals surface area contributed by atoms with Crippen LogP contribution in [-0.4, -0.2) is 0 Å². The molecule has 6 nitrogen and oxygen atoms in total. The van der Waals surface area contributed by atoms with Crippen molar-refractivity contribution in [2.75, 3.05) is 9.80 Å². The minimum absolute atomic E-state index is 0.732. The first-order valence-corrected chi connectivity index (χ1v) is 31.0. The van der Waals surface area contributed by atoms with E-state index in [2.05, 4.69) is 325 Å². The third kappa shape index (κ3) is 7.42. The summed E-state index contributed by atoms with van der Waals surface area (Å²) in [5.41, 5.74) is 21.4. The van der Waals surface area contributed by atoms with Gasteiger partial charge in [0.25, 0.3) is 0 Å². The fraction of sp³-hybridized carbons (Fsp3) is 0.0118. The number of fused-ring (bicyclic) bond motifs is 17. The SMILES string of the molecule is c1ccc(-c2cccc3c2oc2c(N(c4ccccc4)c4cc5c(c6c4oc4ccccc46)-c4c(cc(N(c6ccccc6)c6cccc7c6oc6c(-c8ccccc8)cccc67)c6c4oc4ccccc46)C5(c4ccccc4)c4ccccc4)cccc23)cc1. The van der Waals surface area contributed by atoms with Gasteiger partial charge >= 0.3 is 0 Å². The highest BCUT2D eigenvalue weighted by Gasteiger charge is 2.51. The van der Waals surface area contributed by atoms with Crippen LogP contribution in [0.1, 0.15) is 22.3 Å². The Bertz CT molecular complexity index is 5850. The van der Waals surface area contributed by atoms with Crippen molar-refractivity contribution in [1.82, 2.24) is 0 Å². The van der Waals surface area contributed by atoms with Gasteiger partial charge in [-0.3, -0.25) is 0 Å². The van der Waals surface area contributed by atoms with E-state index in [0.29, 0.717) is 0 Å². The molecule has 0 saturated heterocycles. The van der Waals surface area contributed by atoms with Crippen LogP contribution >= 0.6 is 0 Å². The molecule has 1 aliphatic rings. The maximum atomic E-state index is 7.65. The van der Waals surface area contributed by atoms with E-state index in [1.54, 1.807) is 0 Å².